The van der Waals surface area contributed by atoms with Crippen molar-refractivity contribution in [3.05, 3.63) is 17.6 Å². The standard InChI is InChI=1S/C12H22N4/c1-6-10-7-11(15-9(2)14-10)16(5)12(3,4)8-13/h7H,6,8,13H2,1-5H3. The Hall–Kier alpha value is -1.16. The topological polar surface area (TPSA) is 55.0 Å². The summed E-state index contributed by atoms with van der Waals surface area (Å²) in [5, 5.41) is 0. The first-order valence-corrected chi connectivity index (χ1v) is 5.69. The van der Waals surface area contributed by atoms with Crippen LogP contribution >= 0.6 is 0 Å². The number of hydrogen-bond acceptors (Lipinski definition) is 4. The van der Waals surface area contributed by atoms with E-state index < -0.39 is 0 Å². The second kappa shape index (κ2) is 4.78. The van der Waals surface area contributed by atoms with Crippen molar-refractivity contribution >= 4 is 5.82 Å². The Morgan fingerprint density at radius 2 is 2.00 bits per heavy atom. The van der Waals surface area contributed by atoms with Crippen LogP contribution in [0.5, 0.6) is 0 Å². The highest BCUT2D eigenvalue weighted by atomic mass is 15.2. The van der Waals surface area contributed by atoms with Gasteiger partial charge < -0.3 is 10.6 Å². The number of nitrogens with two attached hydrogens (primary N) is 1. The fourth-order valence-electron chi connectivity index (χ4n) is 1.41. The Morgan fingerprint density at radius 3 is 2.50 bits per heavy atom. The Bertz CT molecular complexity index is 360. The van der Waals surface area contributed by atoms with Gasteiger partial charge in [-0.25, -0.2) is 9.97 Å². The Balaban J connectivity index is 3.08. The minimum Gasteiger partial charge on any atom is -0.353 e. The predicted molar refractivity (Wildman–Crippen MR) is 67.7 cm³/mol. The first-order valence-electron chi connectivity index (χ1n) is 5.69. The van der Waals surface area contributed by atoms with Crippen LogP contribution in [0, 0.1) is 6.92 Å². The van der Waals surface area contributed by atoms with E-state index in [0.717, 1.165) is 23.8 Å². The minimum atomic E-state index is -0.0915. The summed E-state index contributed by atoms with van der Waals surface area (Å²) in [6, 6.07) is 2.03. The van der Waals surface area contributed by atoms with Gasteiger partial charge in [0, 0.05) is 30.9 Å². The zero-order chi connectivity index (χ0) is 12.3. The lowest BCUT2D eigenvalue weighted by molar-refractivity contribution is 0.493. The summed E-state index contributed by atoms with van der Waals surface area (Å²) >= 11 is 0. The zero-order valence-electron chi connectivity index (χ0n) is 10.9. The molecule has 0 aliphatic rings. The number of likely N-dealkylation sites (N-methyl/N-ethyl adjacent to an activating group) is 1. The number of nitrogens with zero attached hydrogens (tertiary/aromatic N) is 3. The van der Waals surface area contributed by atoms with E-state index in [0.29, 0.717) is 6.54 Å². The molecule has 0 fully saturated rings. The van der Waals surface area contributed by atoms with Gasteiger partial charge in [-0.05, 0) is 27.2 Å². The van der Waals surface area contributed by atoms with Crippen LogP contribution < -0.4 is 10.6 Å². The van der Waals surface area contributed by atoms with Gasteiger partial charge in [-0.15, -0.1) is 0 Å². The van der Waals surface area contributed by atoms with Gasteiger partial charge in [0.2, 0.25) is 0 Å². The molecule has 0 atom stereocenters. The van der Waals surface area contributed by atoms with E-state index in [4.69, 9.17) is 5.73 Å². The number of aryl methyl sites for hydroxylation is 2. The monoisotopic (exact) mass is 222 g/mol. The van der Waals surface area contributed by atoms with Crippen molar-refractivity contribution in [3.8, 4) is 0 Å². The van der Waals surface area contributed by atoms with E-state index in [2.05, 4.69) is 35.6 Å². The molecule has 0 saturated heterocycles. The van der Waals surface area contributed by atoms with Gasteiger partial charge in [0.1, 0.15) is 11.6 Å². The molecule has 16 heavy (non-hydrogen) atoms. The maximum atomic E-state index is 5.77. The third kappa shape index (κ3) is 2.70. The van der Waals surface area contributed by atoms with Crippen molar-refractivity contribution in [2.24, 2.45) is 5.73 Å². The number of aromatic nitrogens is 2. The molecule has 0 unspecified atom stereocenters. The van der Waals surface area contributed by atoms with Gasteiger partial charge >= 0.3 is 0 Å². The molecule has 0 aromatic carbocycles. The van der Waals surface area contributed by atoms with Gasteiger partial charge in [-0.1, -0.05) is 6.92 Å². The third-order valence-corrected chi connectivity index (χ3v) is 2.99. The average Bonchev–Trinajstić information content (AvgIpc) is 2.27. The first-order chi connectivity index (χ1) is 7.40. The van der Waals surface area contributed by atoms with Gasteiger partial charge in [0.15, 0.2) is 0 Å². The molecule has 1 heterocycles. The van der Waals surface area contributed by atoms with Crippen molar-refractivity contribution in [3.63, 3.8) is 0 Å². The molecule has 4 nitrogen and oxygen atoms in total. The van der Waals surface area contributed by atoms with Crippen LogP contribution in [-0.2, 0) is 6.42 Å². The Morgan fingerprint density at radius 1 is 1.38 bits per heavy atom. The molecule has 0 bridgehead atoms. The minimum absolute atomic E-state index is 0.0915. The molecule has 2 N–H and O–H groups in total. The highest BCUT2D eigenvalue weighted by molar-refractivity contribution is 5.42. The first kappa shape index (κ1) is 12.9. The molecule has 0 radical (unpaired) electrons. The number of rotatable bonds is 4. The lowest BCUT2D eigenvalue weighted by Gasteiger charge is -2.35. The number of hydrogen-bond donors (Lipinski definition) is 1. The normalized spacial score (nSPS) is 11.6. The quantitative estimate of drug-likeness (QED) is 0.839. The lowest BCUT2D eigenvalue weighted by atomic mass is 10.0. The molecule has 0 spiro atoms. The maximum Gasteiger partial charge on any atom is 0.132 e. The van der Waals surface area contributed by atoms with E-state index in [1.807, 2.05) is 20.0 Å². The van der Waals surface area contributed by atoms with E-state index >= 15 is 0 Å². The molecule has 1 rings (SSSR count). The maximum absolute atomic E-state index is 5.77. The second-order valence-corrected chi connectivity index (χ2v) is 4.69. The van der Waals surface area contributed by atoms with Crippen LogP contribution in [0.4, 0.5) is 5.82 Å². The summed E-state index contributed by atoms with van der Waals surface area (Å²) in [4.78, 5) is 10.9. The van der Waals surface area contributed by atoms with Crippen LogP contribution in [0.2, 0.25) is 0 Å². The smallest absolute Gasteiger partial charge is 0.132 e. The van der Waals surface area contributed by atoms with Gasteiger partial charge in [-0.3, -0.25) is 0 Å². The van der Waals surface area contributed by atoms with Gasteiger partial charge in [0.05, 0.1) is 0 Å². The highest BCUT2D eigenvalue weighted by Gasteiger charge is 2.23. The summed E-state index contributed by atoms with van der Waals surface area (Å²) < 4.78 is 0. The highest BCUT2D eigenvalue weighted by Crippen LogP contribution is 2.20. The molecule has 0 aliphatic carbocycles. The van der Waals surface area contributed by atoms with Crippen LogP contribution in [-0.4, -0.2) is 29.1 Å². The van der Waals surface area contributed by atoms with E-state index in [9.17, 15) is 0 Å². The number of anilines is 1. The van der Waals surface area contributed by atoms with Crippen molar-refractivity contribution in [2.45, 2.75) is 39.7 Å². The van der Waals surface area contributed by atoms with Crippen LogP contribution in [0.1, 0.15) is 32.3 Å². The van der Waals surface area contributed by atoms with Crippen LogP contribution in [0.25, 0.3) is 0 Å². The Kier molecular flexibility index (Phi) is 3.86. The lowest BCUT2D eigenvalue weighted by Crippen LogP contribution is -2.47. The van der Waals surface area contributed by atoms with Crippen molar-refractivity contribution in [2.75, 3.05) is 18.5 Å². The van der Waals surface area contributed by atoms with E-state index in [1.54, 1.807) is 0 Å². The van der Waals surface area contributed by atoms with Crippen molar-refractivity contribution in [1.82, 2.24) is 9.97 Å². The SMILES string of the molecule is CCc1cc(N(C)C(C)(C)CN)nc(C)n1. The molecule has 1 aromatic heterocycles. The average molecular weight is 222 g/mol. The van der Waals surface area contributed by atoms with Crippen molar-refractivity contribution in [1.29, 1.82) is 0 Å². The molecule has 0 saturated carbocycles. The van der Waals surface area contributed by atoms with Crippen LogP contribution in [0.3, 0.4) is 0 Å². The summed E-state index contributed by atoms with van der Waals surface area (Å²) in [6.45, 7) is 8.83. The van der Waals surface area contributed by atoms with Crippen LogP contribution in [0.15, 0.2) is 6.07 Å². The van der Waals surface area contributed by atoms with Gasteiger partial charge in [-0.2, -0.15) is 0 Å². The molecular formula is C12H22N4. The zero-order valence-corrected chi connectivity index (χ0v) is 10.9. The molecule has 0 amide bonds. The molecule has 1 aromatic rings. The van der Waals surface area contributed by atoms with E-state index in [-0.39, 0.29) is 5.54 Å². The van der Waals surface area contributed by atoms with Crippen molar-refractivity contribution < 1.29 is 0 Å². The molecule has 90 valence electrons. The van der Waals surface area contributed by atoms with E-state index in [1.165, 1.54) is 0 Å². The summed E-state index contributed by atoms with van der Waals surface area (Å²) in [5.41, 5.74) is 6.75. The molecule has 4 heteroatoms. The second-order valence-electron chi connectivity index (χ2n) is 4.69. The molecular weight excluding hydrogens is 200 g/mol. The third-order valence-electron chi connectivity index (χ3n) is 2.99. The fraction of sp³-hybridized carbons (Fsp3) is 0.667. The summed E-state index contributed by atoms with van der Waals surface area (Å²) in [6.07, 6.45) is 0.924. The summed E-state index contributed by atoms with van der Waals surface area (Å²) in [7, 11) is 2.02. The van der Waals surface area contributed by atoms with Gasteiger partial charge in [0.25, 0.3) is 0 Å². The molecule has 0 aliphatic heterocycles. The summed E-state index contributed by atoms with van der Waals surface area (Å²) in [5.74, 6) is 1.76. The fourth-order valence-corrected chi connectivity index (χ4v) is 1.41. The largest absolute Gasteiger partial charge is 0.353 e. The predicted octanol–water partition coefficient (Wildman–Crippen LogP) is 1.52. The Labute approximate surface area is 97.9 Å².